The van der Waals surface area contributed by atoms with Crippen LogP contribution in [0.3, 0.4) is 0 Å². The number of fused-ring (bicyclic) bond motifs is 1. The van der Waals surface area contributed by atoms with Crippen LogP contribution in [0.1, 0.15) is 18.1 Å². The van der Waals surface area contributed by atoms with Crippen LogP contribution in [-0.2, 0) is 19.9 Å². The van der Waals surface area contributed by atoms with Gasteiger partial charge in [-0.1, -0.05) is 24.3 Å². The Morgan fingerprint density at radius 1 is 1.33 bits per heavy atom. The molecule has 0 aliphatic heterocycles. The first-order chi connectivity index (χ1) is 8.54. The quantitative estimate of drug-likeness (QED) is 0.823. The van der Waals surface area contributed by atoms with Gasteiger partial charge in [0.25, 0.3) is 0 Å². The molecule has 0 amide bonds. The minimum Gasteiger partial charge on any atom is -0.466 e. The number of hydrogen-bond donors (Lipinski definition) is 1. The Bertz CT molecular complexity index is 514. The second-order valence-corrected chi connectivity index (χ2v) is 4.40. The molecule has 0 saturated carbocycles. The van der Waals surface area contributed by atoms with Crippen molar-refractivity contribution in [3.05, 3.63) is 41.0 Å². The molecule has 0 radical (unpaired) electrons. The highest BCUT2D eigenvalue weighted by molar-refractivity contribution is 6.03. The van der Waals surface area contributed by atoms with E-state index in [9.17, 15) is 9.90 Å². The molecule has 1 aromatic rings. The molecule has 1 N–H and O–H groups in total. The molecule has 0 bridgehead atoms. The fourth-order valence-electron chi connectivity index (χ4n) is 2.45. The van der Waals surface area contributed by atoms with Crippen molar-refractivity contribution in [1.82, 2.24) is 0 Å². The zero-order chi connectivity index (χ0) is 13.3. The summed E-state index contributed by atoms with van der Waals surface area (Å²) in [6.45, 7) is 1.86. The van der Waals surface area contributed by atoms with Gasteiger partial charge in [0.2, 0.25) is 0 Å². The molecule has 2 rings (SSSR count). The SMILES string of the molecule is COCC1=C(C(=O)OC)C(C)(O)c2ccccc21. The third kappa shape index (κ3) is 1.74. The molecule has 18 heavy (non-hydrogen) atoms. The first-order valence-corrected chi connectivity index (χ1v) is 5.67. The standard InChI is InChI=1S/C14H16O4/c1-14(16)11-7-5-4-6-9(11)10(8-17-2)12(14)13(15)18-3/h4-7,16H,8H2,1-3H3. The number of hydrogen-bond acceptors (Lipinski definition) is 4. The molecular weight excluding hydrogens is 232 g/mol. The maximum absolute atomic E-state index is 11.9. The largest absolute Gasteiger partial charge is 0.466 e. The lowest BCUT2D eigenvalue weighted by atomic mass is 9.92. The van der Waals surface area contributed by atoms with Gasteiger partial charge in [0.05, 0.1) is 19.3 Å². The summed E-state index contributed by atoms with van der Waals surface area (Å²) in [4.78, 5) is 11.9. The molecule has 1 aliphatic rings. The van der Waals surface area contributed by atoms with E-state index in [2.05, 4.69) is 0 Å². The van der Waals surface area contributed by atoms with Crippen LogP contribution in [0.25, 0.3) is 5.57 Å². The van der Waals surface area contributed by atoms with Crippen LogP contribution >= 0.6 is 0 Å². The second kappa shape index (κ2) is 4.55. The van der Waals surface area contributed by atoms with E-state index in [4.69, 9.17) is 9.47 Å². The number of benzene rings is 1. The fraction of sp³-hybridized carbons (Fsp3) is 0.357. The van der Waals surface area contributed by atoms with Crippen LogP contribution in [-0.4, -0.2) is 31.9 Å². The van der Waals surface area contributed by atoms with Crippen molar-refractivity contribution in [2.45, 2.75) is 12.5 Å². The molecule has 0 spiro atoms. The fourth-order valence-corrected chi connectivity index (χ4v) is 2.45. The molecule has 4 heteroatoms. The van der Waals surface area contributed by atoms with Gasteiger partial charge < -0.3 is 14.6 Å². The Balaban J connectivity index is 2.66. The Hall–Kier alpha value is -1.65. The van der Waals surface area contributed by atoms with E-state index in [1.165, 1.54) is 7.11 Å². The highest BCUT2D eigenvalue weighted by atomic mass is 16.5. The summed E-state index contributed by atoms with van der Waals surface area (Å²) in [6, 6.07) is 7.37. The van der Waals surface area contributed by atoms with E-state index < -0.39 is 11.6 Å². The molecule has 1 atom stereocenters. The van der Waals surface area contributed by atoms with Crippen molar-refractivity contribution in [2.75, 3.05) is 20.8 Å². The van der Waals surface area contributed by atoms with Crippen LogP contribution in [0, 0.1) is 0 Å². The van der Waals surface area contributed by atoms with E-state index in [1.54, 1.807) is 20.1 Å². The summed E-state index contributed by atoms with van der Waals surface area (Å²) in [6.07, 6.45) is 0. The Morgan fingerprint density at radius 2 is 2.00 bits per heavy atom. The summed E-state index contributed by atoms with van der Waals surface area (Å²) in [5.74, 6) is -0.525. The van der Waals surface area contributed by atoms with E-state index in [1.807, 2.05) is 18.2 Å². The molecule has 4 nitrogen and oxygen atoms in total. The van der Waals surface area contributed by atoms with Crippen LogP contribution < -0.4 is 0 Å². The van der Waals surface area contributed by atoms with Gasteiger partial charge in [-0.05, 0) is 23.6 Å². The topological polar surface area (TPSA) is 55.8 Å². The van der Waals surface area contributed by atoms with Gasteiger partial charge in [-0.25, -0.2) is 4.79 Å². The molecule has 1 aromatic carbocycles. The third-order valence-corrected chi connectivity index (χ3v) is 3.24. The summed E-state index contributed by atoms with van der Waals surface area (Å²) >= 11 is 0. The molecule has 0 heterocycles. The molecule has 1 aliphatic carbocycles. The lowest BCUT2D eigenvalue weighted by Gasteiger charge is -2.21. The maximum atomic E-state index is 11.9. The number of rotatable bonds is 3. The van der Waals surface area contributed by atoms with Gasteiger partial charge in [-0.3, -0.25) is 0 Å². The zero-order valence-corrected chi connectivity index (χ0v) is 10.7. The highest BCUT2D eigenvalue weighted by Gasteiger charge is 2.43. The van der Waals surface area contributed by atoms with Crippen molar-refractivity contribution >= 4 is 11.5 Å². The van der Waals surface area contributed by atoms with Crippen molar-refractivity contribution in [2.24, 2.45) is 0 Å². The summed E-state index contributed by atoms with van der Waals surface area (Å²) in [5, 5.41) is 10.6. The second-order valence-electron chi connectivity index (χ2n) is 4.40. The minimum absolute atomic E-state index is 0.257. The van der Waals surface area contributed by atoms with Crippen molar-refractivity contribution < 1.29 is 19.4 Å². The van der Waals surface area contributed by atoms with Crippen LogP contribution in [0.2, 0.25) is 0 Å². The predicted molar refractivity (Wildman–Crippen MR) is 66.8 cm³/mol. The first-order valence-electron chi connectivity index (χ1n) is 5.67. The van der Waals surface area contributed by atoms with E-state index in [0.717, 1.165) is 5.56 Å². The van der Waals surface area contributed by atoms with Gasteiger partial charge in [0, 0.05) is 7.11 Å². The zero-order valence-electron chi connectivity index (χ0n) is 10.7. The molecule has 0 fully saturated rings. The number of carbonyl (C=O) groups excluding carboxylic acids is 1. The monoisotopic (exact) mass is 248 g/mol. The van der Waals surface area contributed by atoms with Crippen molar-refractivity contribution in [1.29, 1.82) is 0 Å². The average molecular weight is 248 g/mol. The Labute approximate surface area is 106 Å². The highest BCUT2D eigenvalue weighted by Crippen LogP contribution is 2.44. The van der Waals surface area contributed by atoms with Gasteiger partial charge in [-0.15, -0.1) is 0 Å². The van der Waals surface area contributed by atoms with Gasteiger partial charge >= 0.3 is 5.97 Å². The van der Waals surface area contributed by atoms with Crippen molar-refractivity contribution in [3.8, 4) is 0 Å². The van der Waals surface area contributed by atoms with E-state index in [0.29, 0.717) is 11.1 Å². The first kappa shape index (κ1) is 12.8. The third-order valence-electron chi connectivity index (χ3n) is 3.24. The van der Waals surface area contributed by atoms with Gasteiger partial charge in [0.1, 0.15) is 5.60 Å². The smallest absolute Gasteiger partial charge is 0.337 e. The van der Waals surface area contributed by atoms with Crippen LogP contribution in [0.15, 0.2) is 29.8 Å². The molecular formula is C14H16O4. The Morgan fingerprint density at radius 3 is 2.61 bits per heavy atom. The molecule has 0 aromatic heterocycles. The number of aliphatic hydroxyl groups is 1. The predicted octanol–water partition coefficient (Wildman–Crippen LogP) is 1.48. The molecule has 1 unspecified atom stereocenters. The number of methoxy groups -OCH3 is 2. The van der Waals surface area contributed by atoms with Gasteiger partial charge in [0.15, 0.2) is 0 Å². The number of carbonyl (C=O) groups is 1. The van der Waals surface area contributed by atoms with Crippen molar-refractivity contribution in [3.63, 3.8) is 0 Å². The van der Waals surface area contributed by atoms with Crippen LogP contribution in [0.5, 0.6) is 0 Å². The summed E-state index contributed by atoms with van der Waals surface area (Å²) in [7, 11) is 2.86. The Kier molecular flexibility index (Phi) is 3.24. The van der Waals surface area contributed by atoms with Gasteiger partial charge in [-0.2, -0.15) is 0 Å². The average Bonchev–Trinajstić information content (AvgIpc) is 2.58. The minimum atomic E-state index is -1.34. The normalized spacial score (nSPS) is 22.0. The lowest BCUT2D eigenvalue weighted by molar-refractivity contribution is -0.138. The number of esters is 1. The van der Waals surface area contributed by atoms with Crippen LogP contribution in [0.4, 0.5) is 0 Å². The summed E-state index contributed by atoms with van der Waals surface area (Å²) < 4.78 is 9.89. The van der Waals surface area contributed by atoms with E-state index in [-0.39, 0.29) is 12.2 Å². The maximum Gasteiger partial charge on any atom is 0.337 e. The number of ether oxygens (including phenoxy) is 2. The molecule has 96 valence electrons. The molecule has 0 saturated heterocycles. The van der Waals surface area contributed by atoms with E-state index >= 15 is 0 Å². The summed E-state index contributed by atoms with van der Waals surface area (Å²) in [5.41, 5.74) is 1.15. The lowest BCUT2D eigenvalue weighted by Crippen LogP contribution is -2.27.